The first-order valence-corrected chi connectivity index (χ1v) is 6.83. The van der Waals surface area contributed by atoms with E-state index in [4.69, 9.17) is 0 Å². The standard InChI is InChI=1S/C14H15N7O2/c1-19-10-11(20(2)14(23)21(3)12(10)22)17-13(19)18-16-8-9-6-4-5-7-15-9/h4-8H,1-3H3,(H,17,18)/b16-8+. The van der Waals surface area contributed by atoms with Crippen LogP contribution in [-0.2, 0) is 21.1 Å². The van der Waals surface area contributed by atoms with Crippen molar-refractivity contribution in [1.82, 2.24) is 23.7 Å². The number of aryl methyl sites for hydroxylation is 2. The van der Waals surface area contributed by atoms with Gasteiger partial charge in [0.05, 0.1) is 11.9 Å². The predicted octanol–water partition coefficient (Wildman–Crippen LogP) is -0.188. The average molecular weight is 313 g/mol. The first kappa shape index (κ1) is 14.7. The smallest absolute Gasteiger partial charge is 0.306 e. The van der Waals surface area contributed by atoms with Crippen LogP contribution in [0, 0.1) is 0 Å². The molecule has 23 heavy (non-hydrogen) atoms. The first-order valence-electron chi connectivity index (χ1n) is 6.83. The van der Waals surface area contributed by atoms with Crippen molar-refractivity contribution >= 4 is 23.3 Å². The summed E-state index contributed by atoms with van der Waals surface area (Å²) in [4.78, 5) is 32.6. The quantitative estimate of drug-likeness (QED) is 0.534. The van der Waals surface area contributed by atoms with Crippen LogP contribution in [0.15, 0.2) is 39.1 Å². The van der Waals surface area contributed by atoms with Crippen LogP contribution < -0.4 is 16.7 Å². The molecule has 3 aromatic rings. The lowest BCUT2D eigenvalue weighted by Crippen LogP contribution is -2.37. The number of hydrazone groups is 1. The molecule has 0 saturated heterocycles. The Kier molecular flexibility index (Phi) is 3.53. The minimum atomic E-state index is -0.427. The van der Waals surface area contributed by atoms with Crippen molar-refractivity contribution in [1.29, 1.82) is 0 Å². The van der Waals surface area contributed by atoms with Gasteiger partial charge in [-0.15, -0.1) is 0 Å². The van der Waals surface area contributed by atoms with E-state index < -0.39 is 11.2 Å². The van der Waals surface area contributed by atoms with Crippen molar-refractivity contribution < 1.29 is 0 Å². The van der Waals surface area contributed by atoms with E-state index in [-0.39, 0.29) is 0 Å². The maximum atomic E-state index is 12.2. The topological polar surface area (TPSA) is 99.1 Å². The summed E-state index contributed by atoms with van der Waals surface area (Å²) in [6, 6.07) is 5.47. The van der Waals surface area contributed by atoms with Crippen molar-refractivity contribution in [3.8, 4) is 0 Å². The van der Waals surface area contributed by atoms with Gasteiger partial charge in [-0.05, 0) is 12.1 Å². The van der Waals surface area contributed by atoms with Gasteiger partial charge in [-0.1, -0.05) is 6.07 Å². The molecule has 0 unspecified atom stereocenters. The van der Waals surface area contributed by atoms with Crippen LogP contribution in [0.25, 0.3) is 11.2 Å². The second-order valence-electron chi connectivity index (χ2n) is 5.00. The molecule has 0 spiro atoms. The number of rotatable bonds is 3. The van der Waals surface area contributed by atoms with Crippen molar-refractivity contribution in [2.75, 3.05) is 5.43 Å². The minimum absolute atomic E-state index is 0.302. The summed E-state index contributed by atoms with van der Waals surface area (Å²) >= 11 is 0. The van der Waals surface area contributed by atoms with Gasteiger partial charge in [-0.25, -0.2) is 10.2 Å². The molecule has 0 fully saturated rings. The summed E-state index contributed by atoms with van der Waals surface area (Å²) in [6.07, 6.45) is 3.20. The van der Waals surface area contributed by atoms with Gasteiger partial charge in [0.15, 0.2) is 11.2 Å². The number of nitrogens with one attached hydrogen (secondary N) is 1. The zero-order chi connectivity index (χ0) is 16.6. The Balaban J connectivity index is 2.03. The van der Waals surface area contributed by atoms with Crippen molar-refractivity contribution in [2.45, 2.75) is 0 Å². The van der Waals surface area contributed by atoms with Gasteiger partial charge < -0.3 is 4.57 Å². The molecule has 0 amide bonds. The number of fused-ring (bicyclic) bond motifs is 1. The highest BCUT2D eigenvalue weighted by molar-refractivity contribution is 5.78. The van der Waals surface area contributed by atoms with Crippen molar-refractivity contribution in [2.24, 2.45) is 26.2 Å². The molecule has 0 bridgehead atoms. The molecule has 3 rings (SSSR count). The third-order valence-electron chi connectivity index (χ3n) is 3.52. The molecule has 0 aliphatic carbocycles. The summed E-state index contributed by atoms with van der Waals surface area (Å²) in [6.45, 7) is 0. The Labute approximate surface area is 130 Å². The van der Waals surface area contributed by atoms with E-state index in [1.54, 1.807) is 30.9 Å². The Morgan fingerprint density at radius 3 is 2.61 bits per heavy atom. The molecule has 0 aliphatic rings. The molecule has 0 aromatic carbocycles. The Morgan fingerprint density at radius 2 is 1.91 bits per heavy atom. The predicted molar refractivity (Wildman–Crippen MR) is 86.6 cm³/mol. The first-order chi connectivity index (χ1) is 11.0. The molecule has 0 saturated carbocycles. The second-order valence-corrected chi connectivity index (χ2v) is 5.00. The molecule has 118 valence electrons. The molecule has 0 radical (unpaired) electrons. The van der Waals surface area contributed by atoms with E-state index in [1.165, 1.54) is 17.8 Å². The molecular formula is C14H15N7O2. The third kappa shape index (κ3) is 2.41. The molecule has 0 atom stereocenters. The molecular weight excluding hydrogens is 298 g/mol. The van der Waals surface area contributed by atoms with Gasteiger partial charge in [0.25, 0.3) is 5.56 Å². The van der Waals surface area contributed by atoms with Crippen molar-refractivity contribution in [3.63, 3.8) is 0 Å². The monoisotopic (exact) mass is 313 g/mol. The Bertz CT molecular complexity index is 1010. The van der Waals surface area contributed by atoms with E-state index in [2.05, 4.69) is 20.5 Å². The fourth-order valence-corrected chi connectivity index (χ4v) is 2.23. The van der Waals surface area contributed by atoms with Gasteiger partial charge in [0.1, 0.15) is 0 Å². The zero-order valence-electron chi connectivity index (χ0n) is 12.9. The normalized spacial score (nSPS) is 11.4. The lowest BCUT2D eigenvalue weighted by molar-refractivity contribution is 0.705. The van der Waals surface area contributed by atoms with Crippen LogP contribution in [0.5, 0.6) is 0 Å². The Hall–Kier alpha value is -3.23. The van der Waals surface area contributed by atoms with Gasteiger partial charge >= 0.3 is 5.69 Å². The molecule has 3 heterocycles. The summed E-state index contributed by atoms with van der Waals surface area (Å²) in [5, 5.41) is 4.06. The SMILES string of the molecule is Cn1c(=O)c2c(nc(N/N=C/c3ccccn3)n2C)n(C)c1=O. The molecule has 9 nitrogen and oxygen atoms in total. The molecule has 9 heteroatoms. The van der Waals surface area contributed by atoms with Gasteiger partial charge in [-0.2, -0.15) is 10.1 Å². The fourth-order valence-electron chi connectivity index (χ4n) is 2.23. The van der Waals surface area contributed by atoms with E-state index >= 15 is 0 Å². The van der Waals surface area contributed by atoms with Crippen LogP contribution >= 0.6 is 0 Å². The van der Waals surface area contributed by atoms with E-state index in [1.807, 2.05) is 12.1 Å². The highest BCUT2D eigenvalue weighted by Crippen LogP contribution is 2.12. The average Bonchev–Trinajstić information content (AvgIpc) is 2.89. The number of hydrogen-bond acceptors (Lipinski definition) is 6. The van der Waals surface area contributed by atoms with E-state index in [9.17, 15) is 9.59 Å². The Morgan fingerprint density at radius 1 is 1.13 bits per heavy atom. The number of imidazole rings is 1. The van der Waals surface area contributed by atoms with Crippen LogP contribution in [0.1, 0.15) is 5.69 Å². The lowest BCUT2D eigenvalue weighted by Gasteiger charge is -2.03. The number of nitrogens with zero attached hydrogens (tertiary/aromatic N) is 6. The van der Waals surface area contributed by atoms with E-state index in [0.29, 0.717) is 22.8 Å². The highest BCUT2D eigenvalue weighted by atomic mass is 16.2. The van der Waals surface area contributed by atoms with Crippen LogP contribution in [0.2, 0.25) is 0 Å². The lowest BCUT2D eigenvalue weighted by atomic mass is 10.4. The van der Waals surface area contributed by atoms with Crippen LogP contribution in [-0.4, -0.2) is 29.9 Å². The summed E-state index contributed by atoms with van der Waals surface area (Å²) in [5.41, 5.74) is 3.24. The fraction of sp³-hybridized carbons (Fsp3) is 0.214. The summed E-state index contributed by atoms with van der Waals surface area (Å²) in [5.74, 6) is 0.352. The van der Waals surface area contributed by atoms with Crippen molar-refractivity contribution in [3.05, 3.63) is 50.9 Å². The second kappa shape index (κ2) is 5.52. The maximum Gasteiger partial charge on any atom is 0.332 e. The molecule has 3 aromatic heterocycles. The van der Waals surface area contributed by atoms with Crippen LogP contribution in [0.3, 0.4) is 0 Å². The molecule has 0 aliphatic heterocycles. The summed E-state index contributed by atoms with van der Waals surface area (Å²) in [7, 11) is 4.68. The van der Waals surface area contributed by atoms with Gasteiger partial charge in [-0.3, -0.25) is 18.9 Å². The zero-order valence-corrected chi connectivity index (χ0v) is 12.9. The van der Waals surface area contributed by atoms with Crippen LogP contribution in [0.4, 0.5) is 5.95 Å². The van der Waals surface area contributed by atoms with Gasteiger partial charge in [0.2, 0.25) is 5.95 Å². The number of aromatic nitrogens is 5. The third-order valence-corrected chi connectivity index (χ3v) is 3.52. The minimum Gasteiger partial charge on any atom is -0.306 e. The van der Waals surface area contributed by atoms with Gasteiger partial charge in [0, 0.05) is 27.3 Å². The maximum absolute atomic E-state index is 12.2. The molecule has 1 N–H and O–H groups in total. The number of pyridine rings is 1. The number of hydrogen-bond donors (Lipinski definition) is 1. The largest absolute Gasteiger partial charge is 0.332 e. The number of anilines is 1. The summed E-state index contributed by atoms with van der Waals surface area (Å²) < 4.78 is 3.93. The highest BCUT2D eigenvalue weighted by Gasteiger charge is 2.16. The van der Waals surface area contributed by atoms with E-state index in [0.717, 1.165) is 4.57 Å².